The number of rotatable bonds is 43. The molecule has 0 amide bonds. The summed E-state index contributed by atoms with van der Waals surface area (Å²) in [6, 6.07) is 0. The fraction of sp³-hybridized carbons (Fsp3) is 0.691. The third kappa shape index (κ3) is 35.4. The number of carbonyl (C=O) groups is 1. The number of phosphoric ester groups is 1. The molecule has 0 aromatic rings. The van der Waals surface area contributed by atoms with Crippen molar-refractivity contribution in [1.29, 1.82) is 0 Å². The first-order valence-corrected chi connectivity index (χ1v) is 27.6. The maximum Gasteiger partial charge on any atom is 0.472 e. The highest BCUT2D eigenvalue weighted by Gasteiger charge is 2.51. The third-order valence-corrected chi connectivity index (χ3v) is 12.4. The van der Waals surface area contributed by atoms with Crippen LogP contribution in [0.5, 0.6) is 0 Å². The van der Waals surface area contributed by atoms with E-state index in [0.717, 1.165) is 122 Å². The van der Waals surface area contributed by atoms with Gasteiger partial charge in [0.2, 0.25) is 0 Å². The smallest absolute Gasteiger partial charge is 0.457 e. The summed E-state index contributed by atoms with van der Waals surface area (Å²) >= 11 is 0. The Morgan fingerprint density at radius 1 is 0.471 bits per heavy atom. The lowest BCUT2D eigenvalue weighted by atomic mass is 9.85. The highest BCUT2D eigenvalue weighted by Crippen LogP contribution is 2.47. The van der Waals surface area contributed by atoms with Crippen LogP contribution in [0.25, 0.3) is 0 Å². The molecular formula is C55H93O12P. The fourth-order valence-corrected chi connectivity index (χ4v) is 8.37. The third-order valence-electron chi connectivity index (χ3n) is 11.5. The van der Waals surface area contributed by atoms with E-state index in [1.807, 2.05) is 0 Å². The van der Waals surface area contributed by atoms with Crippen molar-refractivity contribution in [3.05, 3.63) is 97.2 Å². The summed E-state index contributed by atoms with van der Waals surface area (Å²) in [5, 5.41) is 50.3. The number of carbonyl (C=O) groups excluding carboxylic acids is 1. The molecule has 0 radical (unpaired) electrons. The van der Waals surface area contributed by atoms with Crippen molar-refractivity contribution in [2.75, 3.05) is 19.8 Å². The molecule has 0 bridgehead atoms. The molecule has 0 aromatic heterocycles. The summed E-state index contributed by atoms with van der Waals surface area (Å²) in [6.07, 6.45) is 48.9. The van der Waals surface area contributed by atoms with Crippen LogP contribution >= 0.6 is 7.82 Å². The quantitative estimate of drug-likeness (QED) is 0.0147. The second kappa shape index (κ2) is 44.2. The average Bonchev–Trinajstić information content (AvgIpc) is 3.32. The fourth-order valence-electron chi connectivity index (χ4n) is 7.40. The number of esters is 1. The molecule has 0 heterocycles. The topological polar surface area (TPSA) is 192 Å². The van der Waals surface area contributed by atoms with Crippen molar-refractivity contribution in [3.8, 4) is 0 Å². The average molecular weight is 977 g/mol. The monoisotopic (exact) mass is 977 g/mol. The van der Waals surface area contributed by atoms with E-state index in [4.69, 9.17) is 18.5 Å². The molecule has 6 atom stereocenters. The minimum Gasteiger partial charge on any atom is -0.457 e. The number of aliphatic hydroxyl groups excluding tert-OH is 5. The van der Waals surface area contributed by atoms with Crippen molar-refractivity contribution in [1.82, 2.24) is 0 Å². The lowest BCUT2D eigenvalue weighted by Crippen LogP contribution is -2.64. The van der Waals surface area contributed by atoms with Gasteiger partial charge in [-0.2, -0.15) is 0 Å². The van der Waals surface area contributed by atoms with Crippen LogP contribution in [-0.2, 0) is 27.9 Å². The minimum atomic E-state index is -5.04. The predicted molar refractivity (Wildman–Crippen MR) is 276 cm³/mol. The lowest BCUT2D eigenvalue weighted by Gasteiger charge is -2.41. The molecule has 1 aliphatic rings. The zero-order valence-electron chi connectivity index (χ0n) is 41.9. The number of hydrogen-bond acceptors (Lipinski definition) is 11. The molecule has 1 saturated carbocycles. The molecule has 0 aromatic carbocycles. The van der Waals surface area contributed by atoms with E-state index < -0.39 is 63.1 Å². The van der Waals surface area contributed by atoms with Gasteiger partial charge in [-0.05, 0) is 89.9 Å². The van der Waals surface area contributed by atoms with Crippen molar-refractivity contribution < 1.29 is 58.3 Å². The van der Waals surface area contributed by atoms with Gasteiger partial charge in [0.05, 0.1) is 13.2 Å². The zero-order valence-corrected chi connectivity index (χ0v) is 42.8. The van der Waals surface area contributed by atoms with E-state index in [-0.39, 0.29) is 13.0 Å². The largest absolute Gasteiger partial charge is 0.472 e. The van der Waals surface area contributed by atoms with E-state index in [9.17, 15) is 39.8 Å². The Labute approximate surface area is 411 Å². The summed E-state index contributed by atoms with van der Waals surface area (Å²) in [4.78, 5) is 23.3. The normalized spacial score (nSPS) is 21.9. The minimum absolute atomic E-state index is 0.0930. The summed E-state index contributed by atoms with van der Waals surface area (Å²) in [5.74, 6) is -0.497. The van der Waals surface area contributed by atoms with Gasteiger partial charge in [-0.25, -0.2) is 4.57 Å². The molecule has 68 heavy (non-hydrogen) atoms. The van der Waals surface area contributed by atoms with Gasteiger partial charge in [-0.3, -0.25) is 13.8 Å². The van der Waals surface area contributed by atoms with E-state index >= 15 is 0 Å². The van der Waals surface area contributed by atoms with E-state index in [2.05, 4.69) is 111 Å². The summed E-state index contributed by atoms with van der Waals surface area (Å²) in [6.45, 7) is 4.00. The first kappa shape index (κ1) is 63.3. The number of hydrogen-bond donors (Lipinski definition) is 6. The van der Waals surface area contributed by atoms with Crippen LogP contribution in [0.2, 0.25) is 0 Å². The standard InChI is InChI=1S/C55H93O12P/c1-3-5-7-9-11-13-15-17-19-21-23-24-25-27-29-31-33-35-37-39-41-43-45-64-46-48(47-65-68(62,63)67-55-53(60)51(58)50(57)52(59)54(55)61)66-49(56)44-42-40-38-36-34-32-30-28-26-22-20-18-16-14-12-10-8-6-4-2/h5-8,11-14,17-20,23-24,26,28,48,50-55,57-61H,3-4,9-10,15-16,21-22,25,27,29-47H2,1-2H3,(H,62,63)/b7-5-,8-6-,13-11-,14-12-,19-17-,20-18-,24-23-,28-26-. The molecule has 12 nitrogen and oxygen atoms in total. The van der Waals surface area contributed by atoms with Gasteiger partial charge in [0, 0.05) is 13.0 Å². The first-order chi connectivity index (χ1) is 33.0. The Hall–Kier alpha value is -2.74. The molecular weight excluding hydrogens is 884 g/mol. The zero-order chi connectivity index (χ0) is 49.8. The van der Waals surface area contributed by atoms with E-state index in [0.29, 0.717) is 13.0 Å². The first-order valence-electron chi connectivity index (χ1n) is 26.1. The molecule has 1 aliphatic carbocycles. The number of ether oxygens (including phenoxy) is 2. The highest BCUT2D eigenvalue weighted by atomic mass is 31.2. The molecule has 13 heteroatoms. The summed E-state index contributed by atoms with van der Waals surface area (Å²) in [5.41, 5.74) is 0. The number of phosphoric acid groups is 1. The van der Waals surface area contributed by atoms with Crippen LogP contribution in [0.4, 0.5) is 0 Å². The van der Waals surface area contributed by atoms with Gasteiger partial charge >= 0.3 is 13.8 Å². The molecule has 390 valence electrons. The van der Waals surface area contributed by atoms with Crippen LogP contribution in [0.1, 0.15) is 181 Å². The number of unbranched alkanes of at least 4 members (excludes halogenated alkanes) is 15. The van der Waals surface area contributed by atoms with Gasteiger partial charge < -0.3 is 39.9 Å². The van der Waals surface area contributed by atoms with Crippen LogP contribution in [0.15, 0.2) is 97.2 Å². The number of allylic oxidation sites excluding steroid dienone is 16. The van der Waals surface area contributed by atoms with Crippen molar-refractivity contribution in [3.63, 3.8) is 0 Å². The maximum absolute atomic E-state index is 12.9. The second-order valence-corrected chi connectivity index (χ2v) is 19.0. The van der Waals surface area contributed by atoms with Crippen LogP contribution < -0.4 is 0 Å². The Kier molecular flexibility index (Phi) is 41.1. The van der Waals surface area contributed by atoms with Crippen molar-refractivity contribution in [2.24, 2.45) is 0 Å². The summed E-state index contributed by atoms with van der Waals surface area (Å²) < 4.78 is 34.3. The molecule has 0 saturated heterocycles. The number of aliphatic hydroxyl groups is 5. The SMILES string of the molecule is CC/C=C\C/C=C\C/C=C\C/C=C\CCCCCCCCCCCOCC(COP(=O)(O)OC1C(O)C(O)C(O)C(O)C1O)OC(=O)CCCCCCCC/C=C\C/C=C\C/C=C\C/C=C\CC. The van der Waals surface area contributed by atoms with Gasteiger partial charge in [-0.15, -0.1) is 0 Å². The molecule has 6 unspecified atom stereocenters. The van der Waals surface area contributed by atoms with Crippen LogP contribution in [0.3, 0.4) is 0 Å². The Bertz CT molecular complexity index is 1490. The molecule has 1 fully saturated rings. The molecule has 1 rings (SSSR count). The Morgan fingerprint density at radius 3 is 1.25 bits per heavy atom. The van der Waals surface area contributed by atoms with E-state index in [1.54, 1.807) is 0 Å². The van der Waals surface area contributed by atoms with Crippen molar-refractivity contribution in [2.45, 2.75) is 224 Å². The van der Waals surface area contributed by atoms with Gasteiger partial charge in [0.1, 0.15) is 42.7 Å². The van der Waals surface area contributed by atoms with Gasteiger partial charge in [-0.1, -0.05) is 182 Å². The maximum atomic E-state index is 12.9. The van der Waals surface area contributed by atoms with Crippen molar-refractivity contribution >= 4 is 13.8 Å². The summed E-state index contributed by atoms with van der Waals surface area (Å²) in [7, 11) is -5.04. The molecule has 6 N–H and O–H groups in total. The van der Waals surface area contributed by atoms with E-state index in [1.165, 1.54) is 32.1 Å². The Balaban J connectivity index is 2.36. The predicted octanol–water partition coefficient (Wildman–Crippen LogP) is 11.9. The van der Waals surface area contributed by atoms with Crippen LogP contribution in [-0.4, -0.2) is 98.9 Å². The second-order valence-electron chi connectivity index (χ2n) is 17.6. The molecule has 0 spiro atoms. The highest BCUT2D eigenvalue weighted by molar-refractivity contribution is 7.47. The van der Waals surface area contributed by atoms with Gasteiger partial charge in [0.25, 0.3) is 0 Å². The Morgan fingerprint density at radius 2 is 0.824 bits per heavy atom. The van der Waals surface area contributed by atoms with Gasteiger partial charge in [0.15, 0.2) is 0 Å². The van der Waals surface area contributed by atoms with Crippen LogP contribution in [0, 0.1) is 0 Å². The molecule has 0 aliphatic heterocycles. The lowest BCUT2D eigenvalue weighted by molar-refractivity contribution is -0.220.